The number of hydrogen-bond donors (Lipinski definition) is 0. The molecule has 0 atom stereocenters. The fourth-order valence-corrected chi connectivity index (χ4v) is 3.64. The Labute approximate surface area is 162 Å². The Morgan fingerprint density at radius 3 is 2.39 bits per heavy atom. The van der Waals surface area contributed by atoms with E-state index in [1.165, 1.54) is 11.0 Å². The van der Waals surface area contributed by atoms with Gasteiger partial charge in [0.15, 0.2) is 0 Å². The standard InChI is InChI=1S/C17H16ClF4N3O3/c18-13-7-10(19)1-2-12(13)15(27)23-5-3-11(4-6-23)24-8-14(26)25(16(24)28)9-17(20,21)22/h1-2,7,11H,3-6,8-9H2. The van der Waals surface area contributed by atoms with Gasteiger partial charge in [0.1, 0.15) is 18.9 Å². The van der Waals surface area contributed by atoms with Gasteiger partial charge >= 0.3 is 12.2 Å². The Bertz CT molecular complexity index is 809. The summed E-state index contributed by atoms with van der Waals surface area (Å²) in [5.74, 6) is -1.86. The maximum absolute atomic E-state index is 13.1. The second-order valence-corrected chi connectivity index (χ2v) is 7.06. The summed E-state index contributed by atoms with van der Waals surface area (Å²) in [5, 5.41) is -0.0183. The zero-order chi connectivity index (χ0) is 20.6. The largest absolute Gasteiger partial charge is 0.406 e. The van der Waals surface area contributed by atoms with E-state index in [0.717, 1.165) is 17.0 Å². The molecule has 28 heavy (non-hydrogen) atoms. The first-order chi connectivity index (χ1) is 13.1. The molecule has 0 N–H and O–H groups in total. The average Bonchev–Trinajstić information content (AvgIpc) is 2.88. The van der Waals surface area contributed by atoms with E-state index in [4.69, 9.17) is 11.6 Å². The van der Waals surface area contributed by atoms with E-state index in [2.05, 4.69) is 0 Å². The number of hydrogen-bond acceptors (Lipinski definition) is 3. The number of amides is 4. The van der Waals surface area contributed by atoms with Crippen molar-refractivity contribution in [3.63, 3.8) is 0 Å². The predicted molar refractivity (Wildman–Crippen MR) is 90.2 cm³/mol. The summed E-state index contributed by atoms with van der Waals surface area (Å²) < 4.78 is 50.7. The highest BCUT2D eigenvalue weighted by atomic mass is 35.5. The Kier molecular flexibility index (Phi) is 5.51. The summed E-state index contributed by atoms with van der Waals surface area (Å²) in [6, 6.07) is 2.03. The number of nitrogens with zero attached hydrogens (tertiary/aromatic N) is 3. The van der Waals surface area contributed by atoms with Crippen LogP contribution < -0.4 is 0 Å². The van der Waals surface area contributed by atoms with Gasteiger partial charge in [0.25, 0.3) is 11.8 Å². The second kappa shape index (κ2) is 7.57. The zero-order valence-corrected chi connectivity index (χ0v) is 15.3. The van der Waals surface area contributed by atoms with Crippen LogP contribution in [0.5, 0.6) is 0 Å². The number of rotatable bonds is 3. The fraction of sp³-hybridized carbons (Fsp3) is 0.471. The number of likely N-dealkylation sites (tertiary alicyclic amines) is 1. The van der Waals surface area contributed by atoms with E-state index in [1.807, 2.05) is 0 Å². The van der Waals surface area contributed by atoms with Crippen LogP contribution in [0, 0.1) is 5.82 Å². The van der Waals surface area contributed by atoms with Gasteiger partial charge in [-0.3, -0.25) is 14.5 Å². The first-order valence-corrected chi connectivity index (χ1v) is 8.86. The maximum Gasteiger partial charge on any atom is 0.406 e. The summed E-state index contributed by atoms with van der Waals surface area (Å²) in [4.78, 5) is 39.3. The molecule has 0 saturated carbocycles. The van der Waals surface area contributed by atoms with Crippen molar-refractivity contribution in [2.45, 2.75) is 25.1 Å². The van der Waals surface area contributed by atoms with Crippen LogP contribution in [-0.2, 0) is 4.79 Å². The first kappa shape index (κ1) is 20.4. The Morgan fingerprint density at radius 2 is 1.82 bits per heavy atom. The number of piperidine rings is 1. The van der Waals surface area contributed by atoms with Crippen LogP contribution in [0.2, 0.25) is 5.02 Å². The molecule has 152 valence electrons. The molecule has 6 nitrogen and oxygen atoms in total. The number of alkyl halides is 3. The van der Waals surface area contributed by atoms with Crippen LogP contribution >= 0.6 is 11.6 Å². The first-order valence-electron chi connectivity index (χ1n) is 8.49. The molecule has 0 aromatic heterocycles. The van der Waals surface area contributed by atoms with Crippen molar-refractivity contribution in [2.75, 3.05) is 26.2 Å². The third kappa shape index (κ3) is 4.21. The molecule has 11 heteroatoms. The monoisotopic (exact) mass is 421 g/mol. The molecule has 0 aliphatic carbocycles. The number of carbonyl (C=O) groups is 3. The van der Waals surface area contributed by atoms with E-state index in [1.54, 1.807) is 0 Å². The third-order valence-electron chi connectivity index (χ3n) is 4.77. The minimum atomic E-state index is -4.66. The molecule has 0 radical (unpaired) electrons. The van der Waals surface area contributed by atoms with E-state index >= 15 is 0 Å². The highest BCUT2D eigenvalue weighted by Crippen LogP contribution is 2.27. The number of imide groups is 1. The summed E-state index contributed by atoms with van der Waals surface area (Å²) >= 11 is 5.90. The molecular weight excluding hydrogens is 406 g/mol. The molecule has 1 aromatic rings. The van der Waals surface area contributed by atoms with Gasteiger partial charge in [-0.05, 0) is 31.0 Å². The van der Waals surface area contributed by atoms with Crippen molar-refractivity contribution >= 4 is 29.4 Å². The van der Waals surface area contributed by atoms with E-state index in [0.29, 0.717) is 12.8 Å². The lowest BCUT2D eigenvalue weighted by Crippen LogP contribution is -2.48. The van der Waals surface area contributed by atoms with Crippen molar-refractivity contribution < 1.29 is 31.9 Å². The van der Waals surface area contributed by atoms with Crippen molar-refractivity contribution in [1.29, 1.82) is 0 Å². The molecule has 0 unspecified atom stereocenters. The van der Waals surface area contributed by atoms with Gasteiger partial charge in [-0.15, -0.1) is 0 Å². The molecule has 2 aliphatic heterocycles. The van der Waals surface area contributed by atoms with E-state index in [-0.39, 0.29) is 28.6 Å². The number of benzene rings is 1. The van der Waals surface area contributed by atoms with Gasteiger partial charge in [0.2, 0.25) is 0 Å². The van der Waals surface area contributed by atoms with Gasteiger partial charge < -0.3 is 9.80 Å². The van der Waals surface area contributed by atoms with E-state index in [9.17, 15) is 31.9 Å². The Morgan fingerprint density at radius 1 is 1.18 bits per heavy atom. The Hall–Kier alpha value is -2.36. The maximum atomic E-state index is 13.1. The highest BCUT2D eigenvalue weighted by molar-refractivity contribution is 6.33. The topological polar surface area (TPSA) is 60.9 Å². The molecule has 2 heterocycles. The molecule has 0 spiro atoms. The molecule has 2 saturated heterocycles. The molecule has 2 aliphatic rings. The zero-order valence-electron chi connectivity index (χ0n) is 14.5. The van der Waals surface area contributed by atoms with Gasteiger partial charge in [-0.25, -0.2) is 9.18 Å². The molecule has 2 fully saturated rings. The Balaban J connectivity index is 1.62. The van der Waals surface area contributed by atoms with Crippen LogP contribution in [-0.4, -0.2) is 70.9 Å². The second-order valence-electron chi connectivity index (χ2n) is 6.65. The van der Waals surface area contributed by atoms with Crippen LogP contribution in [0.15, 0.2) is 18.2 Å². The SMILES string of the molecule is O=C(c1ccc(F)cc1Cl)N1CCC(N2CC(=O)N(CC(F)(F)F)C2=O)CC1. The lowest BCUT2D eigenvalue weighted by Gasteiger charge is -2.36. The lowest BCUT2D eigenvalue weighted by molar-refractivity contribution is -0.151. The van der Waals surface area contributed by atoms with Crippen molar-refractivity contribution in [3.8, 4) is 0 Å². The summed E-state index contributed by atoms with van der Waals surface area (Å²) in [6.45, 7) is -1.55. The van der Waals surface area contributed by atoms with Gasteiger partial charge in [-0.2, -0.15) is 13.2 Å². The van der Waals surface area contributed by atoms with E-state index < -0.39 is 49.0 Å². The third-order valence-corrected chi connectivity index (χ3v) is 5.09. The summed E-state index contributed by atoms with van der Waals surface area (Å²) in [6.07, 6.45) is -4.04. The molecule has 3 rings (SSSR count). The molecule has 4 amide bonds. The fourth-order valence-electron chi connectivity index (χ4n) is 3.39. The summed E-state index contributed by atoms with van der Waals surface area (Å²) in [7, 11) is 0. The van der Waals surface area contributed by atoms with Gasteiger partial charge in [-0.1, -0.05) is 11.6 Å². The van der Waals surface area contributed by atoms with Gasteiger partial charge in [0, 0.05) is 19.1 Å². The van der Waals surface area contributed by atoms with Crippen molar-refractivity contribution in [1.82, 2.24) is 14.7 Å². The smallest absolute Gasteiger partial charge is 0.338 e. The van der Waals surface area contributed by atoms with Crippen molar-refractivity contribution in [3.05, 3.63) is 34.6 Å². The molecule has 1 aromatic carbocycles. The van der Waals surface area contributed by atoms with Gasteiger partial charge in [0.05, 0.1) is 10.6 Å². The van der Waals surface area contributed by atoms with Crippen LogP contribution in [0.25, 0.3) is 0 Å². The predicted octanol–water partition coefficient (Wildman–Crippen LogP) is 2.91. The van der Waals surface area contributed by atoms with Crippen LogP contribution in [0.4, 0.5) is 22.4 Å². The number of carbonyl (C=O) groups excluding carboxylic acids is 3. The quantitative estimate of drug-likeness (QED) is 0.557. The minimum absolute atomic E-state index is 0.0183. The number of urea groups is 1. The minimum Gasteiger partial charge on any atom is -0.338 e. The van der Waals surface area contributed by atoms with Crippen molar-refractivity contribution in [2.24, 2.45) is 0 Å². The average molecular weight is 422 g/mol. The highest BCUT2D eigenvalue weighted by Gasteiger charge is 2.45. The van der Waals surface area contributed by atoms with Crippen LogP contribution in [0.1, 0.15) is 23.2 Å². The number of halogens is 5. The lowest BCUT2D eigenvalue weighted by atomic mass is 10.0. The molecular formula is C17H16ClF4N3O3. The van der Waals surface area contributed by atoms with Crippen LogP contribution in [0.3, 0.4) is 0 Å². The molecule has 0 bridgehead atoms. The summed E-state index contributed by atoms with van der Waals surface area (Å²) in [5.41, 5.74) is 0.144. The normalized spacial score (nSPS) is 19.0.